The van der Waals surface area contributed by atoms with E-state index < -0.39 is 14.9 Å². The zero-order valence-electron chi connectivity index (χ0n) is 12.1. The van der Waals surface area contributed by atoms with Crippen LogP contribution >= 0.6 is 0 Å². The lowest BCUT2D eigenvalue weighted by Gasteiger charge is -2.05. The van der Waals surface area contributed by atoms with Gasteiger partial charge in [-0.2, -0.15) is 13.5 Å². The second-order valence-electron chi connectivity index (χ2n) is 4.65. The maximum Gasteiger partial charge on any atom is 0.276 e. The second kappa shape index (κ2) is 7.72. The Morgan fingerprint density at radius 3 is 2.43 bits per heavy atom. The molecule has 0 unspecified atom stereocenters. The third-order valence-corrected chi connectivity index (χ3v) is 4.08. The lowest BCUT2D eigenvalue weighted by molar-refractivity contribution is -0.384. The van der Waals surface area contributed by atoms with Crippen LogP contribution in [0.25, 0.3) is 0 Å². The first-order chi connectivity index (χ1) is 9.86. The van der Waals surface area contributed by atoms with Gasteiger partial charge < -0.3 is 0 Å². The number of nitro groups is 1. The lowest BCUT2D eigenvalue weighted by atomic mass is 10.1. The molecule has 0 atom stereocenters. The molecule has 0 saturated heterocycles. The van der Waals surface area contributed by atoms with Gasteiger partial charge in [0.2, 0.25) is 0 Å². The van der Waals surface area contributed by atoms with E-state index in [9.17, 15) is 18.5 Å². The molecule has 0 aliphatic rings. The number of benzene rings is 1. The molecule has 0 bridgehead atoms. The Morgan fingerprint density at radius 1 is 1.29 bits per heavy atom. The van der Waals surface area contributed by atoms with E-state index in [0.29, 0.717) is 5.71 Å². The number of nitro benzene ring substituents is 1. The van der Waals surface area contributed by atoms with Gasteiger partial charge in [0.1, 0.15) is 0 Å². The van der Waals surface area contributed by atoms with Gasteiger partial charge in [0.25, 0.3) is 15.7 Å². The molecule has 8 heteroatoms. The molecular weight excluding hydrogens is 294 g/mol. The minimum absolute atomic E-state index is 0.0572. The van der Waals surface area contributed by atoms with Crippen molar-refractivity contribution in [3.63, 3.8) is 0 Å². The third-order valence-electron chi connectivity index (χ3n) is 2.86. The van der Waals surface area contributed by atoms with Crippen molar-refractivity contribution in [1.29, 1.82) is 0 Å². The van der Waals surface area contributed by atoms with Crippen LogP contribution in [0.3, 0.4) is 0 Å². The van der Waals surface area contributed by atoms with Gasteiger partial charge in [0.05, 0.1) is 9.82 Å². The smallest absolute Gasteiger partial charge is 0.258 e. The monoisotopic (exact) mass is 313 g/mol. The summed E-state index contributed by atoms with van der Waals surface area (Å²) in [6.07, 6.45) is 3.85. The van der Waals surface area contributed by atoms with Crippen molar-refractivity contribution >= 4 is 21.4 Å². The van der Waals surface area contributed by atoms with Crippen LogP contribution in [0.1, 0.15) is 39.5 Å². The molecule has 1 N–H and O–H groups in total. The number of hydrogen-bond acceptors (Lipinski definition) is 5. The average Bonchev–Trinajstić information content (AvgIpc) is 2.45. The van der Waals surface area contributed by atoms with E-state index in [4.69, 9.17) is 0 Å². The van der Waals surface area contributed by atoms with Crippen LogP contribution in [0, 0.1) is 10.1 Å². The number of unbranched alkanes of at least 4 members (excludes halogenated alkanes) is 2. The first kappa shape index (κ1) is 17.1. The van der Waals surface area contributed by atoms with E-state index >= 15 is 0 Å². The Labute approximate surface area is 124 Å². The molecule has 0 fully saturated rings. The van der Waals surface area contributed by atoms with E-state index in [1.54, 1.807) is 6.92 Å². The Hall–Kier alpha value is -1.96. The summed E-state index contributed by atoms with van der Waals surface area (Å²) in [6.45, 7) is 3.85. The van der Waals surface area contributed by atoms with Crippen molar-refractivity contribution in [3.8, 4) is 0 Å². The molecule has 21 heavy (non-hydrogen) atoms. The van der Waals surface area contributed by atoms with Gasteiger partial charge in [0.15, 0.2) is 0 Å². The van der Waals surface area contributed by atoms with Gasteiger partial charge in [-0.25, -0.2) is 4.83 Å². The molecule has 0 aliphatic heterocycles. The predicted octanol–water partition coefficient (Wildman–Crippen LogP) is 2.83. The summed E-state index contributed by atoms with van der Waals surface area (Å²) in [7, 11) is -3.79. The number of hydrazone groups is 1. The molecular formula is C13H19N3O4S. The number of rotatable bonds is 8. The SMILES string of the molecule is CCCCCC(C)=NNS(=O)(=O)c1ccc([N+](=O)[O-])cc1. The molecule has 1 rings (SSSR count). The Balaban J connectivity index is 2.72. The molecule has 1 aromatic carbocycles. The Kier molecular flexibility index (Phi) is 6.29. The molecule has 1 aromatic rings. The quantitative estimate of drug-likeness (QED) is 0.345. The minimum Gasteiger partial charge on any atom is -0.258 e. The number of non-ortho nitro benzene ring substituents is 1. The molecule has 0 saturated carbocycles. The van der Waals surface area contributed by atoms with Crippen molar-refractivity contribution in [2.75, 3.05) is 0 Å². The fourth-order valence-electron chi connectivity index (χ4n) is 1.62. The van der Waals surface area contributed by atoms with Crippen molar-refractivity contribution in [2.24, 2.45) is 5.10 Å². The standard InChI is InChI=1S/C13H19N3O4S/c1-3-4-5-6-11(2)14-15-21(19,20)13-9-7-12(8-10-13)16(17)18/h7-10,15H,3-6H2,1-2H3. The van der Waals surface area contributed by atoms with Crippen LogP contribution in [0.2, 0.25) is 0 Å². The summed E-state index contributed by atoms with van der Waals surface area (Å²) in [5.74, 6) is 0. The predicted molar refractivity (Wildman–Crippen MR) is 80.7 cm³/mol. The first-order valence-electron chi connectivity index (χ1n) is 6.66. The maximum absolute atomic E-state index is 12.0. The normalized spacial score (nSPS) is 12.2. The Bertz CT molecular complexity index is 609. The van der Waals surface area contributed by atoms with Crippen molar-refractivity contribution in [2.45, 2.75) is 44.4 Å². The molecule has 7 nitrogen and oxygen atoms in total. The number of sulfonamides is 1. The Morgan fingerprint density at radius 2 is 1.90 bits per heavy atom. The molecule has 0 spiro atoms. The van der Waals surface area contributed by atoms with Crippen LogP contribution in [-0.2, 0) is 10.0 Å². The summed E-state index contributed by atoms with van der Waals surface area (Å²) in [6, 6.07) is 4.66. The summed E-state index contributed by atoms with van der Waals surface area (Å²) in [5, 5.41) is 14.4. The van der Waals surface area contributed by atoms with Crippen molar-refractivity contribution < 1.29 is 13.3 Å². The lowest BCUT2D eigenvalue weighted by Crippen LogP contribution is -2.19. The van der Waals surface area contributed by atoms with Crippen LogP contribution in [-0.4, -0.2) is 19.1 Å². The van der Waals surface area contributed by atoms with Gasteiger partial charge >= 0.3 is 0 Å². The highest BCUT2D eigenvalue weighted by Crippen LogP contribution is 2.15. The minimum atomic E-state index is -3.79. The summed E-state index contributed by atoms with van der Waals surface area (Å²) < 4.78 is 23.9. The van der Waals surface area contributed by atoms with E-state index in [0.717, 1.165) is 37.8 Å². The molecule has 0 aromatic heterocycles. The third kappa shape index (κ3) is 5.50. The topological polar surface area (TPSA) is 102 Å². The first-order valence-corrected chi connectivity index (χ1v) is 8.14. The zero-order valence-corrected chi connectivity index (χ0v) is 12.9. The molecule has 116 valence electrons. The number of nitrogens with one attached hydrogen (secondary N) is 1. The van der Waals surface area contributed by atoms with Crippen molar-refractivity contribution in [1.82, 2.24) is 4.83 Å². The highest BCUT2D eigenvalue weighted by atomic mass is 32.2. The van der Waals surface area contributed by atoms with Crippen molar-refractivity contribution in [3.05, 3.63) is 34.4 Å². The fraction of sp³-hybridized carbons (Fsp3) is 0.462. The maximum atomic E-state index is 12.0. The summed E-state index contributed by atoms with van der Waals surface area (Å²) in [5.41, 5.74) is 0.544. The van der Waals surface area contributed by atoms with E-state index in [-0.39, 0.29) is 10.6 Å². The van der Waals surface area contributed by atoms with Gasteiger partial charge in [-0.3, -0.25) is 10.1 Å². The van der Waals surface area contributed by atoms with Crippen LogP contribution in [0.15, 0.2) is 34.3 Å². The highest BCUT2D eigenvalue weighted by Gasteiger charge is 2.15. The molecule has 0 radical (unpaired) electrons. The molecule has 0 aliphatic carbocycles. The summed E-state index contributed by atoms with van der Waals surface area (Å²) in [4.78, 5) is 12.0. The largest absolute Gasteiger partial charge is 0.276 e. The van der Waals surface area contributed by atoms with Crippen LogP contribution in [0.5, 0.6) is 0 Å². The van der Waals surface area contributed by atoms with Gasteiger partial charge in [-0.05, 0) is 31.9 Å². The molecule has 0 amide bonds. The van der Waals surface area contributed by atoms with Crippen LogP contribution in [0.4, 0.5) is 5.69 Å². The second-order valence-corrected chi connectivity index (χ2v) is 6.31. The van der Waals surface area contributed by atoms with Gasteiger partial charge in [0, 0.05) is 17.8 Å². The number of hydrogen-bond donors (Lipinski definition) is 1. The van der Waals surface area contributed by atoms with Gasteiger partial charge in [-0.1, -0.05) is 19.8 Å². The highest BCUT2D eigenvalue weighted by molar-refractivity contribution is 7.89. The van der Waals surface area contributed by atoms with E-state index in [2.05, 4.69) is 16.9 Å². The fourth-order valence-corrected chi connectivity index (χ4v) is 2.50. The van der Waals surface area contributed by atoms with Crippen LogP contribution < -0.4 is 4.83 Å². The zero-order chi connectivity index (χ0) is 15.9. The number of nitrogens with zero attached hydrogens (tertiary/aromatic N) is 2. The van der Waals surface area contributed by atoms with E-state index in [1.807, 2.05) is 0 Å². The summed E-state index contributed by atoms with van der Waals surface area (Å²) >= 11 is 0. The van der Waals surface area contributed by atoms with Gasteiger partial charge in [-0.15, -0.1) is 0 Å². The van der Waals surface area contributed by atoms with E-state index in [1.165, 1.54) is 12.1 Å². The average molecular weight is 313 g/mol. The molecule has 0 heterocycles.